The van der Waals surface area contributed by atoms with E-state index in [-0.39, 0.29) is 23.9 Å². The van der Waals surface area contributed by atoms with Gasteiger partial charge in [-0.2, -0.15) is 18.4 Å². The molecule has 1 saturated heterocycles. The Balaban J connectivity index is 0.000000248. The van der Waals surface area contributed by atoms with Crippen molar-refractivity contribution in [2.75, 3.05) is 19.8 Å². The highest BCUT2D eigenvalue weighted by Gasteiger charge is 2.49. The van der Waals surface area contributed by atoms with E-state index >= 15 is 0 Å². The number of amides is 1. The van der Waals surface area contributed by atoms with E-state index < -0.39 is 17.2 Å². The van der Waals surface area contributed by atoms with Crippen LogP contribution in [0.2, 0.25) is 0 Å². The number of nitriles is 1. The van der Waals surface area contributed by atoms with E-state index in [0.29, 0.717) is 37.4 Å². The van der Waals surface area contributed by atoms with Gasteiger partial charge in [-0.3, -0.25) is 14.8 Å². The number of carbonyl (C=O) groups is 1. The lowest BCUT2D eigenvalue weighted by Gasteiger charge is -2.38. The number of nitrogens with one attached hydrogen (secondary N) is 1. The van der Waals surface area contributed by atoms with Crippen molar-refractivity contribution in [2.24, 2.45) is 0 Å². The number of rotatable bonds is 5. The number of carbonyl (C=O) groups excluding carboxylic acids is 1. The first kappa shape index (κ1) is 32.9. The van der Waals surface area contributed by atoms with Crippen LogP contribution in [-0.2, 0) is 39.5 Å². The molecule has 2 aliphatic carbocycles. The van der Waals surface area contributed by atoms with Crippen LogP contribution in [0.1, 0.15) is 72.8 Å². The number of hydrogen-bond donors (Lipinski definition) is 1. The minimum absolute atomic E-state index is 0.000149. The lowest BCUT2D eigenvalue weighted by Crippen LogP contribution is -2.49. The van der Waals surface area contributed by atoms with E-state index in [9.17, 15) is 18.0 Å². The molecule has 1 saturated carbocycles. The first-order chi connectivity index (χ1) is 22.7. The van der Waals surface area contributed by atoms with Crippen molar-refractivity contribution in [1.29, 1.82) is 5.26 Å². The Hall–Kier alpha value is -4.07. The van der Waals surface area contributed by atoms with Crippen molar-refractivity contribution >= 4 is 5.91 Å². The third-order valence-corrected chi connectivity index (χ3v) is 10.2. The summed E-state index contributed by atoms with van der Waals surface area (Å²) >= 11 is 0. The number of nitrogens with zero attached hydrogens (tertiary/aromatic N) is 4. The summed E-state index contributed by atoms with van der Waals surface area (Å²) < 4.78 is 45.3. The quantitative estimate of drug-likeness (QED) is 0.322. The molecule has 0 spiro atoms. The van der Waals surface area contributed by atoms with Gasteiger partial charge in [0, 0.05) is 63.2 Å². The third-order valence-electron chi connectivity index (χ3n) is 10.2. The lowest BCUT2D eigenvalue weighted by atomic mass is 9.77. The molecule has 0 radical (unpaired) electrons. The van der Waals surface area contributed by atoms with Crippen LogP contribution in [-0.4, -0.2) is 52.6 Å². The van der Waals surface area contributed by atoms with Crippen molar-refractivity contribution in [3.05, 3.63) is 107 Å². The van der Waals surface area contributed by atoms with Gasteiger partial charge in [0.15, 0.2) is 0 Å². The van der Waals surface area contributed by atoms with Gasteiger partial charge >= 0.3 is 6.18 Å². The van der Waals surface area contributed by atoms with Crippen molar-refractivity contribution in [2.45, 2.75) is 87.0 Å². The Morgan fingerprint density at radius 1 is 0.957 bits per heavy atom. The summed E-state index contributed by atoms with van der Waals surface area (Å²) in [5, 5.41) is 12.9. The summed E-state index contributed by atoms with van der Waals surface area (Å²) in [5.41, 5.74) is 1.69. The molecule has 3 aromatic rings. The number of hydrogen-bond acceptors (Lipinski definition) is 6. The fourth-order valence-electron chi connectivity index (χ4n) is 7.51. The van der Waals surface area contributed by atoms with Gasteiger partial charge in [0.05, 0.1) is 22.5 Å². The van der Waals surface area contributed by atoms with Crippen LogP contribution in [0.15, 0.2) is 79.4 Å². The second-order valence-electron chi connectivity index (χ2n) is 13.1. The summed E-state index contributed by atoms with van der Waals surface area (Å²) in [5.74, 6) is -0.000149. The average molecular weight is 644 g/mol. The van der Waals surface area contributed by atoms with Crippen LogP contribution in [0.25, 0.3) is 0 Å². The smallest absolute Gasteiger partial charge is 0.381 e. The standard InChI is InChI=1S/C26H30F3N3O2.C11H10N2/c27-26(28,29)20-4-3-18-6-11-32(17-19(18)14-20)24(33)25(21-2-1-10-30-16-21)9-5-23(15-25)31-22-7-12-34-13-8-22;12-9-11(5-1-2-6-11)10-4-3-7-13-8-10/h1-4,10,14,16,22-23,31H,5-9,11-13,15,17H2;1-4,7-8H,5-6H2/t23-,25+;/m1./s1. The number of alkyl halides is 3. The van der Waals surface area contributed by atoms with Crippen molar-refractivity contribution in [3.63, 3.8) is 0 Å². The van der Waals surface area contributed by atoms with E-state index in [0.717, 1.165) is 68.1 Å². The van der Waals surface area contributed by atoms with Crippen LogP contribution in [0.4, 0.5) is 13.2 Å². The summed E-state index contributed by atoms with van der Waals surface area (Å²) in [6.07, 6.45) is 13.1. The van der Waals surface area contributed by atoms with E-state index in [1.807, 2.05) is 24.3 Å². The first-order valence-corrected chi connectivity index (χ1v) is 16.4. The zero-order valence-corrected chi connectivity index (χ0v) is 26.4. The maximum Gasteiger partial charge on any atom is 0.416 e. The van der Waals surface area contributed by atoms with Crippen molar-refractivity contribution in [3.8, 4) is 6.07 Å². The van der Waals surface area contributed by atoms with Crippen LogP contribution in [0.5, 0.6) is 0 Å². The molecule has 4 aliphatic rings. The molecule has 2 aromatic heterocycles. The molecule has 47 heavy (non-hydrogen) atoms. The van der Waals surface area contributed by atoms with Crippen LogP contribution >= 0.6 is 0 Å². The maximum atomic E-state index is 14.1. The predicted molar refractivity (Wildman–Crippen MR) is 171 cm³/mol. The molecule has 0 bridgehead atoms. The van der Waals surface area contributed by atoms with Gasteiger partial charge in [-0.25, -0.2) is 0 Å². The van der Waals surface area contributed by atoms with Gasteiger partial charge in [0.1, 0.15) is 0 Å². The Labute approximate surface area is 273 Å². The molecule has 10 heteroatoms. The number of halogens is 3. The molecule has 2 fully saturated rings. The predicted octanol–water partition coefficient (Wildman–Crippen LogP) is 6.44. The summed E-state index contributed by atoms with van der Waals surface area (Å²) in [4.78, 5) is 24.2. The SMILES string of the molecule is N#CC1(c2cccnc2)CC=CC1.O=C(N1CCc2ccc(C(F)(F)F)cc2C1)[C@@]1(c2cccnc2)CC[C@@H](NC2CCOCC2)C1. The van der Waals surface area contributed by atoms with Crippen molar-refractivity contribution < 1.29 is 22.7 Å². The summed E-state index contributed by atoms with van der Waals surface area (Å²) in [6, 6.07) is 14.6. The molecular weight excluding hydrogens is 603 g/mol. The molecule has 7 rings (SSSR count). The Morgan fingerprint density at radius 3 is 2.30 bits per heavy atom. The Morgan fingerprint density at radius 2 is 1.66 bits per heavy atom. The van der Waals surface area contributed by atoms with Gasteiger partial charge < -0.3 is 15.0 Å². The zero-order valence-electron chi connectivity index (χ0n) is 26.4. The summed E-state index contributed by atoms with van der Waals surface area (Å²) in [7, 11) is 0. The maximum absolute atomic E-state index is 14.1. The topological polar surface area (TPSA) is 91.1 Å². The number of ether oxygens (including phenoxy) is 1. The van der Waals surface area contributed by atoms with E-state index in [1.165, 1.54) is 6.07 Å². The minimum Gasteiger partial charge on any atom is -0.381 e. The zero-order chi connectivity index (χ0) is 32.9. The number of fused-ring (bicyclic) bond motifs is 1. The largest absolute Gasteiger partial charge is 0.416 e. The third kappa shape index (κ3) is 7.12. The molecule has 4 heterocycles. The van der Waals surface area contributed by atoms with Crippen LogP contribution < -0.4 is 5.32 Å². The van der Waals surface area contributed by atoms with E-state index in [1.54, 1.807) is 35.8 Å². The Kier molecular flexibility index (Phi) is 9.76. The number of allylic oxidation sites excluding steroid dienone is 2. The van der Waals surface area contributed by atoms with Crippen LogP contribution in [0.3, 0.4) is 0 Å². The highest BCUT2D eigenvalue weighted by atomic mass is 19.4. The molecule has 246 valence electrons. The fourth-order valence-corrected chi connectivity index (χ4v) is 7.51. The fraction of sp³-hybridized carbons (Fsp3) is 0.459. The lowest BCUT2D eigenvalue weighted by molar-refractivity contribution is -0.138. The molecule has 1 amide bonds. The van der Waals surface area contributed by atoms with Gasteiger partial charge in [0.2, 0.25) is 5.91 Å². The second kappa shape index (κ2) is 14.0. The van der Waals surface area contributed by atoms with E-state index in [4.69, 9.17) is 10.00 Å². The number of pyridine rings is 2. The highest BCUT2D eigenvalue weighted by Crippen LogP contribution is 2.44. The van der Waals surface area contributed by atoms with Gasteiger partial charge in [-0.05, 0) is 97.9 Å². The Bertz CT molecular complexity index is 1590. The molecule has 0 unspecified atom stereocenters. The van der Waals surface area contributed by atoms with Gasteiger partial charge in [-0.1, -0.05) is 30.4 Å². The molecule has 2 aliphatic heterocycles. The minimum atomic E-state index is -4.40. The second-order valence-corrected chi connectivity index (χ2v) is 13.1. The summed E-state index contributed by atoms with van der Waals surface area (Å²) in [6.45, 7) is 2.23. The highest BCUT2D eigenvalue weighted by molar-refractivity contribution is 5.89. The average Bonchev–Trinajstić information content (AvgIpc) is 3.78. The molecular formula is C37H40F3N5O2. The molecule has 2 atom stereocenters. The van der Waals surface area contributed by atoms with E-state index in [2.05, 4.69) is 33.5 Å². The van der Waals surface area contributed by atoms with Crippen LogP contribution in [0, 0.1) is 11.3 Å². The molecule has 1 N–H and O–H groups in total. The van der Waals surface area contributed by atoms with Gasteiger partial charge in [0.25, 0.3) is 0 Å². The molecule has 1 aromatic carbocycles. The molecule has 7 nitrogen and oxygen atoms in total. The number of aromatic nitrogens is 2. The number of benzene rings is 1. The van der Waals surface area contributed by atoms with Gasteiger partial charge in [-0.15, -0.1) is 0 Å². The monoisotopic (exact) mass is 643 g/mol. The first-order valence-electron chi connectivity index (χ1n) is 16.4. The van der Waals surface area contributed by atoms with Crippen molar-refractivity contribution in [1.82, 2.24) is 20.2 Å². The normalized spacial score (nSPS) is 23.8.